The Labute approximate surface area is 228 Å². The molecule has 0 aliphatic heterocycles. The summed E-state index contributed by atoms with van der Waals surface area (Å²) in [5, 5.41) is 18.0. The number of para-hydroxylation sites is 1. The molecule has 0 aliphatic carbocycles. The van der Waals surface area contributed by atoms with Crippen molar-refractivity contribution in [2.75, 3.05) is 22.9 Å². The molecule has 3 rings (SSSR count). The Hall–Kier alpha value is -3.82. The highest BCUT2D eigenvalue weighted by Crippen LogP contribution is 2.29. The van der Waals surface area contributed by atoms with Crippen LogP contribution in [0.3, 0.4) is 0 Å². The van der Waals surface area contributed by atoms with Gasteiger partial charge in [0, 0.05) is 29.9 Å². The molecule has 0 fully saturated rings. The predicted octanol–water partition coefficient (Wildman–Crippen LogP) is 4.11. The fourth-order valence-electron chi connectivity index (χ4n) is 3.88. The van der Waals surface area contributed by atoms with Crippen molar-refractivity contribution in [1.29, 1.82) is 0 Å². The minimum absolute atomic E-state index is 0.0626. The maximum atomic E-state index is 12.8. The SMILES string of the molecule is N[C@@H](Cc1ccc(O)cc1)C(=O)Nc1ccccc1-c1ccc(NC(=O)CCCCCNC(=O)CS)cc1. The van der Waals surface area contributed by atoms with Crippen LogP contribution in [0.2, 0.25) is 0 Å². The van der Waals surface area contributed by atoms with Crippen molar-refractivity contribution >= 4 is 41.7 Å². The van der Waals surface area contributed by atoms with Crippen molar-refractivity contribution in [3.63, 3.8) is 0 Å². The Morgan fingerprint density at radius 1 is 0.842 bits per heavy atom. The van der Waals surface area contributed by atoms with Crippen molar-refractivity contribution in [3.8, 4) is 16.9 Å². The Kier molecular flexibility index (Phi) is 11.2. The molecule has 200 valence electrons. The zero-order valence-electron chi connectivity index (χ0n) is 21.2. The van der Waals surface area contributed by atoms with E-state index in [-0.39, 0.29) is 29.2 Å². The number of benzene rings is 3. The zero-order valence-corrected chi connectivity index (χ0v) is 22.0. The van der Waals surface area contributed by atoms with E-state index in [9.17, 15) is 19.5 Å². The van der Waals surface area contributed by atoms with Crippen molar-refractivity contribution in [1.82, 2.24) is 5.32 Å². The number of hydrogen-bond acceptors (Lipinski definition) is 6. The van der Waals surface area contributed by atoms with Crippen molar-refractivity contribution in [3.05, 3.63) is 78.4 Å². The van der Waals surface area contributed by atoms with E-state index in [1.54, 1.807) is 24.3 Å². The van der Waals surface area contributed by atoms with Crippen LogP contribution in [0.4, 0.5) is 11.4 Å². The van der Waals surface area contributed by atoms with Crippen molar-refractivity contribution in [2.45, 2.75) is 38.1 Å². The summed E-state index contributed by atoms with van der Waals surface area (Å²) >= 11 is 3.91. The van der Waals surface area contributed by atoms with E-state index >= 15 is 0 Å². The first kappa shape index (κ1) is 28.7. The molecule has 0 unspecified atom stereocenters. The van der Waals surface area contributed by atoms with E-state index in [1.165, 1.54) is 0 Å². The van der Waals surface area contributed by atoms with E-state index in [4.69, 9.17) is 5.73 Å². The average molecular weight is 535 g/mol. The highest BCUT2D eigenvalue weighted by atomic mass is 32.1. The van der Waals surface area contributed by atoms with Crippen LogP contribution in [0.5, 0.6) is 5.75 Å². The summed E-state index contributed by atoms with van der Waals surface area (Å²) in [4.78, 5) is 36.2. The number of amides is 3. The summed E-state index contributed by atoms with van der Waals surface area (Å²) in [5.41, 5.74) is 10.0. The number of unbranched alkanes of at least 4 members (excludes halogenated alkanes) is 2. The van der Waals surface area contributed by atoms with Gasteiger partial charge in [0.1, 0.15) is 5.75 Å². The van der Waals surface area contributed by atoms with E-state index in [0.717, 1.165) is 36.0 Å². The minimum atomic E-state index is -0.753. The van der Waals surface area contributed by atoms with Crippen molar-refractivity contribution in [2.24, 2.45) is 5.73 Å². The quantitative estimate of drug-likeness (QED) is 0.145. The summed E-state index contributed by atoms with van der Waals surface area (Å²) in [6, 6.07) is 20.8. The number of carbonyl (C=O) groups is 3. The van der Waals surface area contributed by atoms with Crippen LogP contribution < -0.4 is 21.7 Å². The number of carbonyl (C=O) groups excluding carboxylic acids is 3. The van der Waals surface area contributed by atoms with Crippen LogP contribution in [0, 0.1) is 0 Å². The third-order valence-electron chi connectivity index (χ3n) is 5.94. The molecule has 0 aromatic heterocycles. The number of anilines is 2. The van der Waals surface area contributed by atoms with Gasteiger partial charge in [-0.3, -0.25) is 14.4 Å². The number of rotatable bonds is 13. The Morgan fingerprint density at radius 3 is 2.26 bits per heavy atom. The Balaban J connectivity index is 1.51. The van der Waals surface area contributed by atoms with Crippen LogP contribution >= 0.6 is 12.6 Å². The molecule has 0 heterocycles. The van der Waals surface area contributed by atoms with Gasteiger partial charge in [0.2, 0.25) is 17.7 Å². The van der Waals surface area contributed by atoms with Gasteiger partial charge in [0.15, 0.2) is 0 Å². The van der Waals surface area contributed by atoms with Gasteiger partial charge in [-0.05, 0) is 60.7 Å². The monoisotopic (exact) mass is 534 g/mol. The van der Waals surface area contributed by atoms with Gasteiger partial charge in [0.05, 0.1) is 11.8 Å². The van der Waals surface area contributed by atoms with Gasteiger partial charge in [-0.25, -0.2) is 0 Å². The summed E-state index contributed by atoms with van der Waals surface area (Å²) in [7, 11) is 0. The summed E-state index contributed by atoms with van der Waals surface area (Å²) in [6.45, 7) is 0.592. The van der Waals surface area contributed by atoms with E-state index in [0.29, 0.717) is 30.8 Å². The predicted molar refractivity (Wildman–Crippen MR) is 154 cm³/mol. The van der Waals surface area contributed by atoms with Crippen LogP contribution in [-0.4, -0.2) is 41.2 Å². The molecule has 3 aromatic carbocycles. The average Bonchev–Trinajstić information content (AvgIpc) is 2.92. The second-order valence-electron chi connectivity index (χ2n) is 8.96. The number of phenolic OH excluding ortho intramolecular Hbond substituents is 1. The van der Waals surface area contributed by atoms with E-state index < -0.39 is 6.04 Å². The molecule has 3 aromatic rings. The third kappa shape index (κ3) is 9.24. The van der Waals surface area contributed by atoms with Gasteiger partial charge in [0.25, 0.3) is 0 Å². The molecule has 38 heavy (non-hydrogen) atoms. The summed E-state index contributed by atoms with van der Waals surface area (Å²) < 4.78 is 0. The topological polar surface area (TPSA) is 134 Å². The van der Waals surface area contributed by atoms with E-state index in [2.05, 4.69) is 28.6 Å². The van der Waals surface area contributed by atoms with Gasteiger partial charge in [-0.2, -0.15) is 12.6 Å². The molecule has 6 N–H and O–H groups in total. The molecule has 0 saturated heterocycles. The Morgan fingerprint density at radius 2 is 1.55 bits per heavy atom. The fourth-order valence-corrected chi connectivity index (χ4v) is 3.99. The zero-order chi connectivity index (χ0) is 27.3. The lowest BCUT2D eigenvalue weighted by Gasteiger charge is -2.16. The third-order valence-corrected chi connectivity index (χ3v) is 6.23. The first-order valence-corrected chi connectivity index (χ1v) is 13.2. The molecule has 3 amide bonds. The highest BCUT2D eigenvalue weighted by molar-refractivity contribution is 7.81. The maximum absolute atomic E-state index is 12.8. The minimum Gasteiger partial charge on any atom is -0.508 e. The highest BCUT2D eigenvalue weighted by Gasteiger charge is 2.16. The lowest BCUT2D eigenvalue weighted by molar-refractivity contribution is -0.119. The molecular formula is C29H34N4O4S. The number of phenols is 1. The summed E-state index contributed by atoms with van der Waals surface area (Å²) in [5.74, 6) is -0.119. The molecule has 0 bridgehead atoms. The van der Waals surface area contributed by atoms with Gasteiger partial charge in [-0.1, -0.05) is 48.9 Å². The van der Waals surface area contributed by atoms with Gasteiger partial charge in [-0.15, -0.1) is 0 Å². The fraction of sp³-hybridized carbons (Fsp3) is 0.276. The lowest BCUT2D eigenvalue weighted by Crippen LogP contribution is -2.37. The molecule has 1 atom stereocenters. The second kappa shape index (κ2) is 14.8. The van der Waals surface area contributed by atoms with E-state index in [1.807, 2.05) is 48.5 Å². The smallest absolute Gasteiger partial charge is 0.241 e. The van der Waals surface area contributed by atoms with Crippen LogP contribution in [0.1, 0.15) is 31.2 Å². The Bertz CT molecular complexity index is 1220. The molecule has 8 nitrogen and oxygen atoms in total. The number of hydrogen-bond donors (Lipinski definition) is 6. The molecular weight excluding hydrogens is 500 g/mol. The van der Waals surface area contributed by atoms with Gasteiger partial charge < -0.3 is 26.8 Å². The van der Waals surface area contributed by atoms with Crippen molar-refractivity contribution < 1.29 is 19.5 Å². The normalized spacial score (nSPS) is 11.4. The van der Waals surface area contributed by atoms with Gasteiger partial charge >= 0.3 is 0 Å². The molecule has 9 heteroatoms. The second-order valence-corrected chi connectivity index (χ2v) is 9.27. The molecule has 0 saturated carbocycles. The molecule has 0 spiro atoms. The van der Waals surface area contributed by atoms with Crippen LogP contribution in [0.25, 0.3) is 11.1 Å². The van der Waals surface area contributed by atoms with Crippen LogP contribution in [0.15, 0.2) is 72.8 Å². The lowest BCUT2D eigenvalue weighted by atomic mass is 10.0. The number of aromatic hydroxyl groups is 1. The largest absolute Gasteiger partial charge is 0.508 e. The number of nitrogens with one attached hydrogen (secondary N) is 3. The first-order valence-electron chi connectivity index (χ1n) is 12.6. The number of nitrogens with two attached hydrogens (primary N) is 1. The number of thiol groups is 1. The molecule has 0 radical (unpaired) electrons. The molecule has 0 aliphatic rings. The first-order chi connectivity index (χ1) is 18.4. The standard InChI is InChI=1S/C29H34N4O4S/c30-25(18-20-9-15-23(34)16-10-20)29(37)33-26-7-4-3-6-24(26)21-11-13-22(14-12-21)32-27(35)8-2-1-5-17-31-28(36)19-38/h3-4,6-7,9-16,25,34,38H,1-2,5,8,17-19,30H2,(H,31,36)(H,32,35)(H,33,37)/t25-/m0/s1. The van der Waals surface area contributed by atoms with Crippen LogP contribution in [-0.2, 0) is 20.8 Å². The maximum Gasteiger partial charge on any atom is 0.241 e. The summed E-state index contributed by atoms with van der Waals surface area (Å²) in [6.07, 6.45) is 3.15.